The number of carbonyl (C=O) groups excluding carboxylic acids is 1. The maximum absolute atomic E-state index is 12.8. The molecule has 0 radical (unpaired) electrons. The number of amides is 1. The van der Waals surface area contributed by atoms with Gasteiger partial charge in [0.25, 0.3) is 5.91 Å². The van der Waals surface area contributed by atoms with E-state index in [9.17, 15) is 4.79 Å². The minimum absolute atomic E-state index is 0.0192. The zero-order chi connectivity index (χ0) is 14.4. The molecular weight excluding hydrogens is 282 g/mol. The molecule has 1 fully saturated rings. The topological polar surface area (TPSA) is 59.2 Å². The number of anilines is 1. The number of thiazole rings is 1. The summed E-state index contributed by atoms with van der Waals surface area (Å²) < 4.78 is 0. The van der Waals surface area contributed by atoms with Gasteiger partial charge in [-0.2, -0.15) is 0 Å². The molecule has 0 atom stereocenters. The van der Waals surface area contributed by atoms with Gasteiger partial charge in [-0.25, -0.2) is 4.98 Å². The molecule has 1 aliphatic carbocycles. The Kier molecular flexibility index (Phi) is 2.87. The summed E-state index contributed by atoms with van der Waals surface area (Å²) in [5, 5.41) is 2.79. The molecule has 2 aliphatic rings. The number of carbonyl (C=O) groups is 1. The van der Waals surface area contributed by atoms with Crippen LogP contribution in [0.5, 0.6) is 0 Å². The number of aromatic nitrogens is 1. The molecule has 4 nitrogen and oxygen atoms in total. The van der Waals surface area contributed by atoms with Crippen LogP contribution < -0.4 is 10.6 Å². The van der Waals surface area contributed by atoms with Crippen molar-refractivity contribution in [2.75, 3.05) is 18.0 Å². The number of nitrogens with zero attached hydrogens (tertiary/aromatic N) is 2. The van der Waals surface area contributed by atoms with E-state index in [1.165, 1.54) is 29.7 Å². The minimum atomic E-state index is 0.0192. The standard InChI is InChI=1S/C16H17N3OS/c17-8-5-14-18-12(9-21-14)15(20)19-10-16(6-7-16)11-3-1-2-4-13(11)19/h1-4,9H,5-8,10,17H2. The van der Waals surface area contributed by atoms with Gasteiger partial charge in [0, 0.05) is 29.4 Å². The monoisotopic (exact) mass is 299 g/mol. The molecule has 1 saturated carbocycles. The maximum Gasteiger partial charge on any atom is 0.277 e. The summed E-state index contributed by atoms with van der Waals surface area (Å²) in [6, 6.07) is 8.28. The highest BCUT2D eigenvalue weighted by atomic mass is 32.1. The molecule has 21 heavy (non-hydrogen) atoms. The van der Waals surface area contributed by atoms with Gasteiger partial charge in [0.15, 0.2) is 0 Å². The van der Waals surface area contributed by atoms with Crippen molar-refractivity contribution in [2.24, 2.45) is 5.73 Å². The Balaban J connectivity index is 1.66. The molecule has 0 saturated heterocycles. The van der Waals surface area contributed by atoms with Crippen LogP contribution in [0.2, 0.25) is 0 Å². The fraction of sp³-hybridized carbons (Fsp3) is 0.375. The smallest absolute Gasteiger partial charge is 0.277 e. The molecule has 2 aromatic rings. The van der Waals surface area contributed by atoms with E-state index in [1.54, 1.807) is 0 Å². The third-order valence-corrected chi connectivity index (χ3v) is 5.36. The first-order valence-corrected chi connectivity index (χ1v) is 8.17. The molecule has 1 amide bonds. The molecule has 0 bridgehead atoms. The largest absolute Gasteiger partial charge is 0.330 e. The highest BCUT2D eigenvalue weighted by Gasteiger charge is 2.52. The second-order valence-electron chi connectivity index (χ2n) is 5.85. The van der Waals surface area contributed by atoms with Crippen LogP contribution in [0.3, 0.4) is 0 Å². The molecule has 1 aromatic carbocycles. The first-order valence-electron chi connectivity index (χ1n) is 7.29. The van der Waals surface area contributed by atoms with Crippen molar-refractivity contribution in [2.45, 2.75) is 24.7 Å². The molecule has 2 heterocycles. The van der Waals surface area contributed by atoms with Gasteiger partial charge in [0.1, 0.15) is 5.69 Å². The lowest BCUT2D eigenvalue weighted by Crippen LogP contribution is -2.31. The lowest BCUT2D eigenvalue weighted by Gasteiger charge is -2.16. The van der Waals surface area contributed by atoms with Gasteiger partial charge in [-0.3, -0.25) is 4.79 Å². The van der Waals surface area contributed by atoms with Crippen molar-refractivity contribution in [1.82, 2.24) is 4.98 Å². The molecule has 5 heteroatoms. The fourth-order valence-corrected chi connectivity index (χ4v) is 3.96. The third-order valence-electron chi connectivity index (χ3n) is 4.45. The Morgan fingerprint density at radius 2 is 2.19 bits per heavy atom. The Labute approximate surface area is 127 Å². The van der Waals surface area contributed by atoms with Crippen LogP contribution in [-0.4, -0.2) is 24.0 Å². The Bertz CT molecular complexity index is 705. The van der Waals surface area contributed by atoms with Crippen molar-refractivity contribution in [3.8, 4) is 0 Å². The quantitative estimate of drug-likeness (QED) is 0.946. The van der Waals surface area contributed by atoms with Crippen LogP contribution in [0.15, 0.2) is 29.6 Å². The number of nitrogens with two attached hydrogens (primary N) is 1. The van der Waals surface area contributed by atoms with E-state index in [0.29, 0.717) is 12.2 Å². The molecule has 4 rings (SSSR count). The number of para-hydroxylation sites is 1. The zero-order valence-corrected chi connectivity index (χ0v) is 12.5. The van der Waals surface area contributed by atoms with E-state index in [1.807, 2.05) is 22.4 Å². The van der Waals surface area contributed by atoms with Crippen molar-refractivity contribution >= 4 is 22.9 Å². The lowest BCUT2D eigenvalue weighted by molar-refractivity contribution is 0.0983. The predicted molar refractivity (Wildman–Crippen MR) is 83.9 cm³/mol. The summed E-state index contributed by atoms with van der Waals surface area (Å²) in [4.78, 5) is 19.1. The molecule has 108 valence electrons. The second kappa shape index (κ2) is 4.64. The van der Waals surface area contributed by atoms with Gasteiger partial charge in [-0.1, -0.05) is 18.2 Å². The van der Waals surface area contributed by atoms with Gasteiger partial charge in [0.2, 0.25) is 0 Å². The van der Waals surface area contributed by atoms with Crippen molar-refractivity contribution < 1.29 is 4.79 Å². The van der Waals surface area contributed by atoms with E-state index >= 15 is 0 Å². The number of fused-ring (bicyclic) bond motifs is 2. The highest BCUT2D eigenvalue weighted by Crippen LogP contribution is 2.56. The van der Waals surface area contributed by atoms with Crippen LogP contribution >= 0.6 is 11.3 Å². The minimum Gasteiger partial charge on any atom is -0.330 e. The van der Waals surface area contributed by atoms with Gasteiger partial charge in [-0.15, -0.1) is 11.3 Å². The maximum atomic E-state index is 12.8. The molecule has 0 unspecified atom stereocenters. The van der Waals surface area contributed by atoms with E-state index in [2.05, 4.69) is 17.1 Å². The summed E-state index contributed by atoms with van der Waals surface area (Å²) in [5.41, 5.74) is 8.72. The first-order chi connectivity index (χ1) is 10.2. The molecule has 1 aliphatic heterocycles. The average molecular weight is 299 g/mol. The third kappa shape index (κ3) is 2.00. The SMILES string of the molecule is NCCc1nc(C(=O)N2CC3(CC3)c3ccccc32)cs1. The van der Waals surface area contributed by atoms with Gasteiger partial charge >= 0.3 is 0 Å². The Morgan fingerprint density at radius 3 is 2.95 bits per heavy atom. The zero-order valence-electron chi connectivity index (χ0n) is 11.7. The predicted octanol–water partition coefficient (Wildman–Crippen LogP) is 2.34. The number of benzene rings is 1. The number of hydrogen-bond donors (Lipinski definition) is 1. The Hall–Kier alpha value is -1.72. The summed E-state index contributed by atoms with van der Waals surface area (Å²) in [6.07, 6.45) is 3.10. The van der Waals surface area contributed by atoms with E-state index < -0.39 is 0 Å². The van der Waals surface area contributed by atoms with E-state index in [0.717, 1.165) is 23.7 Å². The molecule has 2 N–H and O–H groups in total. The van der Waals surface area contributed by atoms with Crippen LogP contribution in [-0.2, 0) is 11.8 Å². The summed E-state index contributed by atoms with van der Waals surface area (Å²) in [7, 11) is 0. The summed E-state index contributed by atoms with van der Waals surface area (Å²) in [6.45, 7) is 1.37. The number of rotatable bonds is 3. The molecular formula is C16H17N3OS. The van der Waals surface area contributed by atoms with Crippen LogP contribution in [0.25, 0.3) is 0 Å². The molecule has 1 spiro atoms. The first kappa shape index (κ1) is 13.0. The highest BCUT2D eigenvalue weighted by molar-refractivity contribution is 7.09. The van der Waals surface area contributed by atoms with E-state index in [-0.39, 0.29) is 11.3 Å². The van der Waals surface area contributed by atoms with Gasteiger partial charge in [0.05, 0.1) is 5.01 Å². The normalized spacial score (nSPS) is 18.0. The van der Waals surface area contributed by atoms with Gasteiger partial charge < -0.3 is 10.6 Å². The Morgan fingerprint density at radius 1 is 1.38 bits per heavy atom. The second-order valence-corrected chi connectivity index (χ2v) is 6.80. The number of hydrogen-bond acceptors (Lipinski definition) is 4. The fourth-order valence-electron chi connectivity index (χ4n) is 3.18. The van der Waals surface area contributed by atoms with E-state index in [4.69, 9.17) is 5.73 Å². The van der Waals surface area contributed by atoms with Crippen LogP contribution in [0, 0.1) is 0 Å². The lowest BCUT2D eigenvalue weighted by atomic mass is 9.99. The summed E-state index contributed by atoms with van der Waals surface area (Å²) >= 11 is 1.52. The van der Waals surface area contributed by atoms with Crippen LogP contribution in [0.1, 0.15) is 33.9 Å². The molecule has 1 aromatic heterocycles. The van der Waals surface area contributed by atoms with Crippen molar-refractivity contribution in [1.29, 1.82) is 0 Å². The van der Waals surface area contributed by atoms with Crippen molar-refractivity contribution in [3.05, 3.63) is 45.9 Å². The van der Waals surface area contributed by atoms with Crippen molar-refractivity contribution in [3.63, 3.8) is 0 Å². The van der Waals surface area contributed by atoms with Gasteiger partial charge in [-0.05, 0) is 31.0 Å². The summed E-state index contributed by atoms with van der Waals surface area (Å²) in [5.74, 6) is 0.0192. The average Bonchev–Trinajstić information content (AvgIpc) is 3.00. The van der Waals surface area contributed by atoms with Crippen LogP contribution in [0.4, 0.5) is 5.69 Å².